The van der Waals surface area contributed by atoms with Gasteiger partial charge in [-0.15, -0.1) is 11.3 Å². The number of aryl methyl sites for hydroxylation is 1. The molecule has 2 amide bonds. The zero-order valence-electron chi connectivity index (χ0n) is 13.9. The standard InChI is InChI=1S/C18H19N3O2S2/c1-2-3-5-12-7-8-13-15(10-12)25-18(20-13)21-16(22)11-19-17(23)14-6-4-9-24-14/h4,6-10H,2-3,5,11H2,1H3,(H,19,23)(H,20,21,22). The minimum absolute atomic E-state index is 0.0750. The molecule has 0 bridgehead atoms. The highest BCUT2D eigenvalue weighted by Crippen LogP contribution is 2.27. The Bertz CT molecular complexity index is 872. The molecular weight excluding hydrogens is 354 g/mol. The molecule has 0 spiro atoms. The first-order chi connectivity index (χ1) is 12.2. The molecule has 0 atom stereocenters. The fourth-order valence-corrected chi connectivity index (χ4v) is 3.96. The first-order valence-electron chi connectivity index (χ1n) is 8.16. The van der Waals surface area contributed by atoms with Crippen LogP contribution in [0, 0.1) is 0 Å². The second-order valence-corrected chi connectivity index (χ2v) is 7.61. The van der Waals surface area contributed by atoms with Crippen LogP contribution in [0.15, 0.2) is 35.7 Å². The van der Waals surface area contributed by atoms with Crippen molar-refractivity contribution < 1.29 is 9.59 Å². The predicted molar refractivity (Wildman–Crippen MR) is 104 cm³/mol. The van der Waals surface area contributed by atoms with Gasteiger partial charge in [-0.3, -0.25) is 9.59 Å². The summed E-state index contributed by atoms with van der Waals surface area (Å²) in [6.07, 6.45) is 3.39. The Morgan fingerprint density at radius 1 is 1.24 bits per heavy atom. The first-order valence-corrected chi connectivity index (χ1v) is 9.86. The third kappa shape index (κ3) is 4.64. The van der Waals surface area contributed by atoms with E-state index in [0.717, 1.165) is 23.1 Å². The molecule has 1 aromatic carbocycles. The number of benzene rings is 1. The highest BCUT2D eigenvalue weighted by molar-refractivity contribution is 7.22. The lowest BCUT2D eigenvalue weighted by Crippen LogP contribution is -2.32. The zero-order valence-corrected chi connectivity index (χ0v) is 15.5. The van der Waals surface area contributed by atoms with E-state index in [1.54, 1.807) is 12.1 Å². The molecule has 3 rings (SSSR count). The molecule has 0 saturated heterocycles. The van der Waals surface area contributed by atoms with Gasteiger partial charge in [0.25, 0.3) is 5.91 Å². The molecule has 130 valence electrons. The van der Waals surface area contributed by atoms with E-state index in [-0.39, 0.29) is 18.4 Å². The molecule has 3 aromatic rings. The van der Waals surface area contributed by atoms with E-state index in [1.807, 2.05) is 11.4 Å². The largest absolute Gasteiger partial charge is 0.342 e. The topological polar surface area (TPSA) is 71.1 Å². The molecule has 0 aliphatic carbocycles. The number of nitrogens with zero attached hydrogens (tertiary/aromatic N) is 1. The van der Waals surface area contributed by atoms with Gasteiger partial charge in [0, 0.05) is 0 Å². The SMILES string of the molecule is CCCCc1ccc2nc(NC(=O)CNC(=O)c3cccs3)sc2c1. The van der Waals surface area contributed by atoms with Crippen molar-refractivity contribution >= 4 is 49.8 Å². The summed E-state index contributed by atoms with van der Waals surface area (Å²) >= 11 is 2.79. The van der Waals surface area contributed by atoms with E-state index in [4.69, 9.17) is 0 Å². The van der Waals surface area contributed by atoms with E-state index in [2.05, 4.69) is 34.7 Å². The quantitative estimate of drug-likeness (QED) is 0.656. The van der Waals surface area contributed by atoms with Crippen molar-refractivity contribution in [1.29, 1.82) is 0 Å². The molecule has 5 nitrogen and oxygen atoms in total. The molecule has 0 fully saturated rings. The van der Waals surface area contributed by atoms with Crippen LogP contribution in [-0.4, -0.2) is 23.3 Å². The van der Waals surface area contributed by atoms with Crippen LogP contribution in [0.5, 0.6) is 0 Å². The fourth-order valence-electron chi connectivity index (χ4n) is 2.38. The van der Waals surface area contributed by atoms with Crippen LogP contribution in [-0.2, 0) is 11.2 Å². The summed E-state index contributed by atoms with van der Waals surface area (Å²) in [4.78, 5) is 28.9. The van der Waals surface area contributed by atoms with Crippen molar-refractivity contribution in [2.75, 3.05) is 11.9 Å². The summed E-state index contributed by atoms with van der Waals surface area (Å²) in [6.45, 7) is 2.10. The molecule has 2 N–H and O–H groups in total. The lowest BCUT2D eigenvalue weighted by atomic mass is 10.1. The maximum atomic E-state index is 12.0. The third-order valence-electron chi connectivity index (χ3n) is 3.67. The van der Waals surface area contributed by atoms with Crippen LogP contribution in [0.2, 0.25) is 0 Å². The molecule has 25 heavy (non-hydrogen) atoms. The van der Waals surface area contributed by atoms with E-state index in [9.17, 15) is 9.59 Å². The number of rotatable bonds is 7. The van der Waals surface area contributed by atoms with Crippen LogP contribution >= 0.6 is 22.7 Å². The van der Waals surface area contributed by atoms with Crippen LogP contribution in [0.4, 0.5) is 5.13 Å². The van der Waals surface area contributed by atoms with Crippen LogP contribution in [0.3, 0.4) is 0 Å². The predicted octanol–water partition coefficient (Wildman–Crippen LogP) is 4.07. The maximum Gasteiger partial charge on any atom is 0.261 e. The fraction of sp³-hybridized carbons (Fsp3) is 0.278. The summed E-state index contributed by atoms with van der Waals surface area (Å²) in [7, 11) is 0. The van der Waals surface area contributed by atoms with Gasteiger partial charge in [0.15, 0.2) is 5.13 Å². The molecule has 2 aromatic heterocycles. The first kappa shape index (κ1) is 17.6. The van der Waals surface area contributed by atoms with Gasteiger partial charge in [0.05, 0.1) is 21.6 Å². The number of amides is 2. The Kier molecular flexibility index (Phi) is 5.78. The second kappa shape index (κ2) is 8.22. The molecule has 0 aliphatic heterocycles. The lowest BCUT2D eigenvalue weighted by molar-refractivity contribution is -0.115. The number of thiophene rings is 1. The Balaban J connectivity index is 1.58. The van der Waals surface area contributed by atoms with Gasteiger partial charge in [0.2, 0.25) is 5.91 Å². The number of thiazole rings is 1. The van der Waals surface area contributed by atoms with E-state index >= 15 is 0 Å². The van der Waals surface area contributed by atoms with Gasteiger partial charge in [-0.25, -0.2) is 4.98 Å². The van der Waals surface area contributed by atoms with Crippen LogP contribution < -0.4 is 10.6 Å². The van der Waals surface area contributed by atoms with Crippen molar-refractivity contribution in [3.8, 4) is 0 Å². The van der Waals surface area contributed by atoms with Gasteiger partial charge >= 0.3 is 0 Å². The van der Waals surface area contributed by atoms with Crippen molar-refractivity contribution in [3.63, 3.8) is 0 Å². The smallest absolute Gasteiger partial charge is 0.261 e. The number of hydrogen-bond donors (Lipinski definition) is 2. The Morgan fingerprint density at radius 3 is 2.88 bits per heavy atom. The Morgan fingerprint density at radius 2 is 2.12 bits per heavy atom. The van der Waals surface area contributed by atoms with E-state index in [1.165, 1.54) is 34.7 Å². The Labute approximate surface area is 154 Å². The van der Waals surface area contributed by atoms with Gasteiger partial charge < -0.3 is 10.6 Å². The van der Waals surface area contributed by atoms with Gasteiger partial charge in [0.1, 0.15) is 0 Å². The molecule has 0 saturated carbocycles. The number of anilines is 1. The molecule has 0 aliphatic rings. The summed E-state index contributed by atoms with van der Waals surface area (Å²) in [6, 6.07) is 9.74. The van der Waals surface area contributed by atoms with Crippen molar-refractivity contribution in [3.05, 3.63) is 46.2 Å². The third-order valence-corrected chi connectivity index (χ3v) is 5.47. The number of fused-ring (bicyclic) bond motifs is 1. The number of hydrogen-bond acceptors (Lipinski definition) is 5. The van der Waals surface area contributed by atoms with Gasteiger partial charge in [-0.1, -0.05) is 36.8 Å². The van der Waals surface area contributed by atoms with E-state index < -0.39 is 0 Å². The van der Waals surface area contributed by atoms with Crippen LogP contribution in [0.1, 0.15) is 35.0 Å². The Hall–Kier alpha value is -2.25. The summed E-state index contributed by atoms with van der Waals surface area (Å²) in [5.41, 5.74) is 2.17. The second-order valence-electron chi connectivity index (χ2n) is 5.63. The van der Waals surface area contributed by atoms with Crippen LogP contribution in [0.25, 0.3) is 10.2 Å². The molecule has 0 unspecified atom stereocenters. The molecule has 7 heteroatoms. The number of aromatic nitrogens is 1. The van der Waals surface area contributed by atoms with E-state index in [0.29, 0.717) is 10.0 Å². The lowest BCUT2D eigenvalue weighted by Gasteiger charge is -2.03. The number of unbranched alkanes of at least 4 members (excludes halogenated alkanes) is 1. The number of carbonyl (C=O) groups excluding carboxylic acids is 2. The average molecular weight is 374 g/mol. The van der Waals surface area contributed by atoms with Crippen molar-refractivity contribution in [1.82, 2.24) is 10.3 Å². The molecule has 0 radical (unpaired) electrons. The van der Waals surface area contributed by atoms with Crippen molar-refractivity contribution in [2.45, 2.75) is 26.2 Å². The zero-order chi connectivity index (χ0) is 17.6. The van der Waals surface area contributed by atoms with Crippen molar-refractivity contribution in [2.24, 2.45) is 0 Å². The van der Waals surface area contributed by atoms with Gasteiger partial charge in [-0.05, 0) is 42.0 Å². The minimum Gasteiger partial charge on any atom is -0.342 e. The highest BCUT2D eigenvalue weighted by atomic mass is 32.1. The number of nitrogens with one attached hydrogen (secondary N) is 2. The summed E-state index contributed by atoms with van der Waals surface area (Å²) in [5.74, 6) is -0.523. The number of carbonyl (C=O) groups is 2. The minimum atomic E-state index is -0.282. The normalized spacial score (nSPS) is 10.8. The summed E-state index contributed by atoms with van der Waals surface area (Å²) in [5, 5.41) is 7.74. The average Bonchev–Trinajstić information content (AvgIpc) is 3.26. The summed E-state index contributed by atoms with van der Waals surface area (Å²) < 4.78 is 1.06. The molecule has 2 heterocycles. The highest BCUT2D eigenvalue weighted by Gasteiger charge is 2.11. The molecular formula is C18H19N3O2S2. The van der Waals surface area contributed by atoms with Gasteiger partial charge in [-0.2, -0.15) is 0 Å². The maximum absolute atomic E-state index is 12.0. The monoisotopic (exact) mass is 373 g/mol.